The minimum absolute atomic E-state index is 0.269. The highest BCUT2D eigenvalue weighted by molar-refractivity contribution is 7.26. The van der Waals surface area contributed by atoms with Crippen molar-refractivity contribution in [2.75, 3.05) is 6.54 Å². The second-order valence-corrected chi connectivity index (χ2v) is 13.3. The van der Waals surface area contributed by atoms with Crippen molar-refractivity contribution in [1.82, 2.24) is 19.4 Å². The summed E-state index contributed by atoms with van der Waals surface area (Å²) in [5.74, 6) is 0.349. The molecule has 5 nitrogen and oxygen atoms in total. The van der Waals surface area contributed by atoms with Gasteiger partial charge in [0, 0.05) is 65.7 Å². The lowest BCUT2D eigenvalue weighted by atomic mass is 9.87. The van der Waals surface area contributed by atoms with Gasteiger partial charge in [-0.3, -0.25) is 0 Å². The molecule has 210 valence electrons. The number of hydrogen-bond acceptors (Lipinski definition) is 4. The molecule has 0 saturated heterocycles. The van der Waals surface area contributed by atoms with Gasteiger partial charge in [0.1, 0.15) is 23.6 Å². The van der Waals surface area contributed by atoms with Crippen LogP contribution < -0.4 is 10.6 Å². The number of rotatable bonds is 2. The fourth-order valence-corrected chi connectivity index (χ4v) is 9.24. The van der Waals surface area contributed by atoms with E-state index in [9.17, 15) is 0 Å². The van der Waals surface area contributed by atoms with Crippen molar-refractivity contribution in [1.29, 1.82) is 0 Å². The zero-order chi connectivity index (χ0) is 28.5. The first kappa shape index (κ1) is 23.3. The fourth-order valence-electron chi connectivity index (χ4n) is 8.13. The van der Waals surface area contributed by atoms with Crippen molar-refractivity contribution in [3.63, 3.8) is 0 Å². The molecule has 2 aliphatic heterocycles. The van der Waals surface area contributed by atoms with Crippen LogP contribution in [0.15, 0.2) is 108 Å². The standard InChI is InChI=1S/C38H26N4OS/c1-3-15-39-27(5-1)21-7-9-23-25-11-13-33-35-36-34(44-33)14-12-26-24-10-8-22(28-6-2-4-16-40-28)18-30(24)42(38(26)36)32-20-43-19-31(32)41(37(25)35)29(23)17-21/h1-15,18-21,27,39-40H,16-17H2. The zero-order valence-corrected chi connectivity index (χ0v) is 24.5. The van der Waals surface area contributed by atoms with Crippen LogP contribution in [0.25, 0.3) is 75.7 Å². The minimum Gasteiger partial charge on any atom is -0.468 e. The molecule has 0 amide bonds. The van der Waals surface area contributed by atoms with E-state index in [1.54, 1.807) is 0 Å². The average Bonchev–Trinajstić information content (AvgIpc) is 3.84. The van der Waals surface area contributed by atoms with Gasteiger partial charge in [0.2, 0.25) is 0 Å². The third-order valence-electron chi connectivity index (χ3n) is 10.0. The monoisotopic (exact) mass is 586 g/mol. The number of aromatic nitrogens is 2. The second kappa shape index (κ2) is 8.24. The van der Waals surface area contributed by atoms with Gasteiger partial charge in [-0.25, -0.2) is 0 Å². The number of nitrogens with zero attached hydrogens (tertiary/aromatic N) is 2. The lowest BCUT2D eigenvalue weighted by Crippen LogP contribution is -2.33. The van der Waals surface area contributed by atoms with Crippen molar-refractivity contribution in [3.05, 3.63) is 121 Å². The molecule has 0 bridgehead atoms. The van der Waals surface area contributed by atoms with Crippen LogP contribution >= 0.6 is 11.3 Å². The molecule has 3 aliphatic rings. The molecule has 2 N–H and O–H groups in total. The summed E-state index contributed by atoms with van der Waals surface area (Å²) in [5.41, 5.74) is 11.0. The van der Waals surface area contributed by atoms with Gasteiger partial charge in [0.25, 0.3) is 0 Å². The maximum absolute atomic E-state index is 6.15. The third kappa shape index (κ3) is 2.84. The van der Waals surface area contributed by atoms with Gasteiger partial charge in [-0.1, -0.05) is 60.7 Å². The number of allylic oxidation sites excluding steroid dienone is 4. The summed E-state index contributed by atoms with van der Waals surface area (Å²) in [4.78, 5) is 0. The van der Waals surface area contributed by atoms with E-state index < -0.39 is 0 Å². The molecule has 0 radical (unpaired) electrons. The molecule has 2 unspecified atom stereocenters. The molecule has 5 aromatic heterocycles. The van der Waals surface area contributed by atoms with Crippen LogP contribution in [0, 0.1) is 5.92 Å². The topological polar surface area (TPSA) is 46.0 Å². The first-order valence-electron chi connectivity index (χ1n) is 15.3. The molecule has 0 spiro atoms. The lowest BCUT2D eigenvalue weighted by molar-refractivity contribution is 0.508. The van der Waals surface area contributed by atoms with Crippen molar-refractivity contribution >= 4 is 87.0 Å². The van der Waals surface area contributed by atoms with Gasteiger partial charge in [-0.2, -0.15) is 0 Å². The van der Waals surface area contributed by atoms with E-state index in [0.29, 0.717) is 5.92 Å². The number of fused-ring (bicyclic) bond motifs is 9. The molecule has 2 atom stereocenters. The number of hydrogen-bond donors (Lipinski definition) is 2. The Balaban J connectivity index is 1.34. The molecule has 44 heavy (non-hydrogen) atoms. The summed E-state index contributed by atoms with van der Waals surface area (Å²) in [6, 6.07) is 16.5. The predicted octanol–water partition coefficient (Wildman–Crippen LogP) is 8.78. The number of dihydropyridines is 2. The molecular formula is C38H26N4OS. The lowest BCUT2D eigenvalue weighted by Gasteiger charge is -2.26. The van der Waals surface area contributed by atoms with E-state index in [1.165, 1.54) is 69.7 Å². The summed E-state index contributed by atoms with van der Waals surface area (Å²) >= 11 is 1.90. The molecule has 0 fully saturated rings. The molecule has 3 aromatic carbocycles. The molecule has 6 heteroatoms. The Morgan fingerprint density at radius 2 is 1.61 bits per heavy atom. The summed E-state index contributed by atoms with van der Waals surface area (Å²) in [5, 5.41) is 13.7. The van der Waals surface area contributed by atoms with E-state index in [-0.39, 0.29) is 6.04 Å². The van der Waals surface area contributed by atoms with E-state index in [0.717, 1.165) is 29.7 Å². The smallest absolute Gasteiger partial charge is 0.117 e. The van der Waals surface area contributed by atoms with Gasteiger partial charge in [-0.05, 0) is 48.5 Å². The van der Waals surface area contributed by atoms with Gasteiger partial charge >= 0.3 is 0 Å². The first-order chi connectivity index (χ1) is 21.8. The molecule has 0 saturated carbocycles. The maximum Gasteiger partial charge on any atom is 0.117 e. The summed E-state index contributed by atoms with van der Waals surface area (Å²) in [6.07, 6.45) is 24.6. The zero-order valence-electron chi connectivity index (χ0n) is 23.7. The average molecular weight is 587 g/mol. The molecule has 1 aliphatic carbocycles. The Hall–Kier alpha value is -5.20. The maximum atomic E-state index is 6.15. The predicted molar refractivity (Wildman–Crippen MR) is 184 cm³/mol. The van der Waals surface area contributed by atoms with Crippen LogP contribution in [0.4, 0.5) is 0 Å². The third-order valence-corrected chi connectivity index (χ3v) is 11.2. The SMILES string of the molecule is C1=CCNC(c2ccc3c4ccc5sc6ccc7c8c(n9c%10cocc%10n(c3c2)c4c5c6c79)CC(C2C=CC=CN2)C=C8)=C1. The van der Waals surface area contributed by atoms with E-state index in [4.69, 9.17) is 4.42 Å². The minimum atomic E-state index is 0.269. The van der Waals surface area contributed by atoms with Crippen LogP contribution in [0.5, 0.6) is 0 Å². The molecule has 11 rings (SSSR count). The van der Waals surface area contributed by atoms with Gasteiger partial charge in [0.05, 0.1) is 22.6 Å². The molecular weight excluding hydrogens is 561 g/mol. The number of furan rings is 1. The van der Waals surface area contributed by atoms with Crippen LogP contribution in [-0.4, -0.2) is 21.4 Å². The molecule has 7 heterocycles. The first-order valence-corrected chi connectivity index (χ1v) is 16.1. The second-order valence-electron chi connectivity index (χ2n) is 12.2. The number of benzene rings is 3. The Bertz CT molecular complexity index is 2680. The summed E-state index contributed by atoms with van der Waals surface area (Å²) < 4.78 is 13.8. The van der Waals surface area contributed by atoms with E-state index in [2.05, 4.69) is 117 Å². The van der Waals surface area contributed by atoms with Crippen LogP contribution in [0.1, 0.15) is 16.8 Å². The van der Waals surface area contributed by atoms with Crippen molar-refractivity contribution in [3.8, 4) is 0 Å². The van der Waals surface area contributed by atoms with Crippen molar-refractivity contribution < 1.29 is 4.42 Å². The van der Waals surface area contributed by atoms with Crippen LogP contribution in [-0.2, 0) is 6.42 Å². The Kier molecular flexibility index (Phi) is 4.36. The van der Waals surface area contributed by atoms with Gasteiger partial charge in [-0.15, -0.1) is 11.3 Å². The fraction of sp³-hybridized carbons (Fsp3) is 0.105. The number of nitrogens with one attached hydrogen (secondary N) is 2. The Morgan fingerprint density at radius 3 is 2.43 bits per heavy atom. The van der Waals surface area contributed by atoms with E-state index >= 15 is 0 Å². The van der Waals surface area contributed by atoms with Crippen molar-refractivity contribution in [2.45, 2.75) is 12.5 Å². The van der Waals surface area contributed by atoms with Crippen LogP contribution in [0.3, 0.4) is 0 Å². The van der Waals surface area contributed by atoms with E-state index in [1.807, 2.05) is 23.9 Å². The highest BCUT2D eigenvalue weighted by Gasteiger charge is 2.29. The molecule has 8 aromatic rings. The normalized spacial score (nSPS) is 19.8. The Morgan fingerprint density at radius 1 is 0.795 bits per heavy atom. The highest BCUT2D eigenvalue weighted by atomic mass is 32.1. The van der Waals surface area contributed by atoms with Crippen LogP contribution in [0.2, 0.25) is 0 Å². The van der Waals surface area contributed by atoms with Gasteiger partial charge < -0.3 is 23.9 Å². The Labute approximate surface area is 255 Å². The summed E-state index contributed by atoms with van der Waals surface area (Å²) in [6.45, 7) is 0.843. The quantitative estimate of drug-likeness (QED) is 0.213. The largest absolute Gasteiger partial charge is 0.468 e. The summed E-state index contributed by atoms with van der Waals surface area (Å²) in [7, 11) is 0. The number of thiophene rings is 1. The van der Waals surface area contributed by atoms with Gasteiger partial charge in [0.15, 0.2) is 0 Å². The van der Waals surface area contributed by atoms with Crippen molar-refractivity contribution in [2.24, 2.45) is 5.92 Å². The highest BCUT2D eigenvalue weighted by Crippen LogP contribution is 2.48.